The third-order valence-electron chi connectivity index (χ3n) is 3.54. The lowest BCUT2D eigenvalue weighted by Gasteiger charge is -2.23. The second kappa shape index (κ2) is 7.51. The van der Waals surface area contributed by atoms with Gasteiger partial charge in [-0.05, 0) is 58.3 Å². The van der Waals surface area contributed by atoms with Crippen molar-refractivity contribution in [2.45, 2.75) is 39.3 Å². The van der Waals surface area contributed by atoms with Crippen molar-refractivity contribution in [3.8, 4) is 5.75 Å². The maximum absolute atomic E-state index is 5.84. The predicted octanol–water partition coefficient (Wildman–Crippen LogP) is 2.56. The molecule has 1 aliphatic rings. The van der Waals surface area contributed by atoms with Gasteiger partial charge in [-0.2, -0.15) is 0 Å². The van der Waals surface area contributed by atoms with Gasteiger partial charge in [0, 0.05) is 12.1 Å². The van der Waals surface area contributed by atoms with Crippen LogP contribution < -0.4 is 15.4 Å². The summed E-state index contributed by atoms with van der Waals surface area (Å²) >= 11 is 0. The standard InChI is InChI=1S/C16H26N2O/c1-13(2)19-16-6-4-3-5-15(16)12-18-11-14-7-9-17-10-8-14/h3-6,13-14,17-18H,7-12H2,1-2H3. The lowest BCUT2D eigenvalue weighted by atomic mass is 9.98. The molecule has 1 aliphatic heterocycles. The fourth-order valence-electron chi connectivity index (χ4n) is 2.52. The average Bonchev–Trinajstić information content (AvgIpc) is 2.41. The number of nitrogens with one attached hydrogen (secondary N) is 2. The van der Waals surface area contributed by atoms with Gasteiger partial charge in [-0.3, -0.25) is 0 Å². The van der Waals surface area contributed by atoms with E-state index in [1.165, 1.54) is 31.5 Å². The molecule has 19 heavy (non-hydrogen) atoms. The van der Waals surface area contributed by atoms with Gasteiger partial charge in [0.15, 0.2) is 0 Å². The Kier molecular flexibility index (Phi) is 5.67. The van der Waals surface area contributed by atoms with E-state index >= 15 is 0 Å². The van der Waals surface area contributed by atoms with Crippen LogP contribution in [0.2, 0.25) is 0 Å². The molecule has 0 aromatic heterocycles. The van der Waals surface area contributed by atoms with Crippen molar-refractivity contribution in [1.29, 1.82) is 0 Å². The fourth-order valence-corrected chi connectivity index (χ4v) is 2.52. The minimum absolute atomic E-state index is 0.227. The first-order valence-electron chi connectivity index (χ1n) is 7.41. The second-order valence-electron chi connectivity index (χ2n) is 5.60. The molecule has 0 bridgehead atoms. The molecule has 0 unspecified atom stereocenters. The highest BCUT2D eigenvalue weighted by atomic mass is 16.5. The Morgan fingerprint density at radius 3 is 2.74 bits per heavy atom. The molecule has 1 fully saturated rings. The molecule has 2 rings (SSSR count). The molecule has 2 N–H and O–H groups in total. The van der Waals surface area contributed by atoms with E-state index in [1.54, 1.807) is 0 Å². The first-order valence-corrected chi connectivity index (χ1v) is 7.41. The van der Waals surface area contributed by atoms with Crippen molar-refractivity contribution in [3.63, 3.8) is 0 Å². The number of hydrogen-bond donors (Lipinski definition) is 2. The third kappa shape index (κ3) is 4.84. The maximum atomic E-state index is 5.84. The number of ether oxygens (including phenoxy) is 1. The monoisotopic (exact) mass is 262 g/mol. The molecule has 3 heteroatoms. The molecule has 3 nitrogen and oxygen atoms in total. The van der Waals surface area contributed by atoms with Crippen molar-refractivity contribution >= 4 is 0 Å². The van der Waals surface area contributed by atoms with Crippen molar-refractivity contribution in [3.05, 3.63) is 29.8 Å². The van der Waals surface area contributed by atoms with E-state index in [-0.39, 0.29) is 6.10 Å². The zero-order valence-corrected chi connectivity index (χ0v) is 12.1. The van der Waals surface area contributed by atoms with Crippen LogP contribution in [-0.4, -0.2) is 25.7 Å². The number of rotatable bonds is 6. The predicted molar refractivity (Wildman–Crippen MR) is 79.5 cm³/mol. The molecule has 0 atom stereocenters. The number of para-hydroxylation sites is 1. The molecule has 0 aliphatic carbocycles. The van der Waals surface area contributed by atoms with Gasteiger partial charge in [-0.25, -0.2) is 0 Å². The summed E-state index contributed by atoms with van der Waals surface area (Å²) in [5.74, 6) is 1.83. The summed E-state index contributed by atoms with van der Waals surface area (Å²) in [4.78, 5) is 0. The first kappa shape index (κ1) is 14.4. The Bertz CT molecular complexity index is 373. The van der Waals surface area contributed by atoms with Crippen LogP contribution >= 0.6 is 0 Å². The van der Waals surface area contributed by atoms with Crippen LogP contribution in [0.3, 0.4) is 0 Å². The van der Waals surface area contributed by atoms with Crippen LogP contribution in [0.5, 0.6) is 5.75 Å². The Morgan fingerprint density at radius 2 is 2.00 bits per heavy atom. The third-order valence-corrected chi connectivity index (χ3v) is 3.54. The Balaban J connectivity index is 1.81. The molecule has 1 saturated heterocycles. The molecule has 1 aromatic rings. The molecular formula is C16H26N2O. The van der Waals surface area contributed by atoms with Crippen LogP contribution in [0.4, 0.5) is 0 Å². The Morgan fingerprint density at radius 1 is 1.26 bits per heavy atom. The maximum Gasteiger partial charge on any atom is 0.124 e. The summed E-state index contributed by atoms with van der Waals surface area (Å²) in [6.45, 7) is 8.47. The second-order valence-corrected chi connectivity index (χ2v) is 5.60. The van der Waals surface area contributed by atoms with Crippen molar-refractivity contribution < 1.29 is 4.74 Å². The van der Waals surface area contributed by atoms with Gasteiger partial charge < -0.3 is 15.4 Å². The lowest BCUT2D eigenvalue weighted by molar-refractivity contribution is 0.239. The van der Waals surface area contributed by atoms with E-state index < -0.39 is 0 Å². The molecule has 1 aromatic carbocycles. The van der Waals surface area contributed by atoms with E-state index in [0.29, 0.717) is 0 Å². The molecule has 0 saturated carbocycles. The Hall–Kier alpha value is -1.06. The zero-order valence-electron chi connectivity index (χ0n) is 12.1. The van der Waals surface area contributed by atoms with Gasteiger partial charge in [0.25, 0.3) is 0 Å². The van der Waals surface area contributed by atoms with Gasteiger partial charge >= 0.3 is 0 Å². The number of benzene rings is 1. The van der Waals surface area contributed by atoms with Gasteiger partial charge in [0.1, 0.15) is 5.75 Å². The largest absolute Gasteiger partial charge is 0.491 e. The van der Waals surface area contributed by atoms with Crippen LogP contribution in [0.25, 0.3) is 0 Å². The van der Waals surface area contributed by atoms with Crippen molar-refractivity contribution in [2.24, 2.45) is 5.92 Å². The minimum Gasteiger partial charge on any atom is -0.491 e. The van der Waals surface area contributed by atoms with Crippen LogP contribution in [-0.2, 0) is 6.54 Å². The molecule has 1 heterocycles. The highest BCUT2D eigenvalue weighted by Gasteiger charge is 2.12. The quantitative estimate of drug-likeness (QED) is 0.826. The number of piperidine rings is 1. The molecule has 0 radical (unpaired) electrons. The molecular weight excluding hydrogens is 236 g/mol. The summed E-state index contributed by atoms with van der Waals surface area (Å²) in [6, 6.07) is 8.32. The van der Waals surface area contributed by atoms with E-state index in [4.69, 9.17) is 4.74 Å². The van der Waals surface area contributed by atoms with Crippen molar-refractivity contribution in [1.82, 2.24) is 10.6 Å². The Labute approximate surface area is 116 Å². The first-order chi connectivity index (χ1) is 9.25. The summed E-state index contributed by atoms with van der Waals surface area (Å²) < 4.78 is 5.84. The summed E-state index contributed by atoms with van der Waals surface area (Å²) in [6.07, 6.45) is 2.81. The fraction of sp³-hybridized carbons (Fsp3) is 0.625. The molecule has 0 spiro atoms. The SMILES string of the molecule is CC(C)Oc1ccccc1CNCC1CCNCC1. The van der Waals surface area contributed by atoms with Gasteiger partial charge in [-0.1, -0.05) is 18.2 Å². The average molecular weight is 262 g/mol. The lowest BCUT2D eigenvalue weighted by Crippen LogP contribution is -2.33. The van der Waals surface area contributed by atoms with Crippen LogP contribution in [0, 0.1) is 5.92 Å². The highest BCUT2D eigenvalue weighted by Crippen LogP contribution is 2.19. The summed E-state index contributed by atoms with van der Waals surface area (Å²) in [5.41, 5.74) is 1.25. The van der Waals surface area contributed by atoms with E-state index in [0.717, 1.165) is 24.8 Å². The molecule has 106 valence electrons. The highest BCUT2D eigenvalue weighted by molar-refractivity contribution is 5.33. The van der Waals surface area contributed by atoms with E-state index in [2.05, 4.69) is 42.7 Å². The topological polar surface area (TPSA) is 33.3 Å². The minimum atomic E-state index is 0.227. The normalized spacial score (nSPS) is 16.8. The van der Waals surface area contributed by atoms with Gasteiger partial charge in [0.2, 0.25) is 0 Å². The summed E-state index contributed by atoms with van der Waals surface area (Å²) in [7, 11) is 0. The van der Waals surface area contributed by atoms with Crippen LogP contribution in [0.15, 0.2) is 24.3 Å². The molecule has 0 amide bonds. The van der Waals surface area contributed by atoms with E-state index in [9.17, 15) is 0 Å². The van der Waals surface area contributed by atoms with Gasteiger partial charge in [0.05, 0.1) is 6.10 Å². The zero-order chi connectivity index (χ0) is 13.5. The smallest absolute Gasteiger partial charge is 0.124 e. The van der Waals surface area contributed by atoms with Crippen molar-refractivity contribution in [2.75, 3.05) is 19.6 Å². The van der Waals surface area contributed by atoms with Crippen LogP contribution in [0.1, 0.15) is 32.3 Å². The number of hydrogen-bond acceptors (Lipinski definition) is 3. The van der Waals surface area contributed by atoms with E-state index in [1.807, 2.05) is 6.07 Å². The van der Waals surface area contributed by atoms with Gasteiger partial charge in [-0.15, -0.1) is 0 Å². The summed E-state index contributed by atoms with van der Waals surface area (Å²) in [5, 5.41) is 6.98.